The van der Waals surface area contributed by atoms with Crippen LogP contribution in [0.15, 0.2) is 95.5 Å². The number of hydrogen-bond donors (Lipinski definition) is 0. The smallest absolute Gasteiger partial charge is 0.278 e. The Hall–Kier alpha value is -3.52. The molecule has 0 saturated carbocycles. The van der Waals surface area contributed by atoms with Gasteiger partial charge >= 0.3 is 0 Å². The predicted octanol–water partition coefficient (Wildman–Crippen LogP) is 7.04. The lowest BCUT2D eigenvalue weighted by Gasteiger charge is -2.37. The Labute approximate surface area is 234 Å². The number of thioether (sulfide) groups is 1. The first-order valence-corrected chi connectivity index (χ1v) is 14.5. The van der Waals surface area contributed by atoms with Gasteiger partial charge in [-0.05, 0) is 41.8 Å². The molecule has 0 bridgehead atoms. The van der Waals surface area contributed by atoms with Crippen LogP contribution in [0.1, 0.15) is 42.7 Å². The molecule has 0 amide bonds. The van der Waals surface area contributed by atoms with E-state index in [1.54, 1.807) is 6.20 Å². The highest BCUT2D eigenvalue weighted by atomic mass is 32.2. The summed E-state index contributed by atoms with van der Waals surface area (Å²) in [6.45, 7) is 10.9. The van der Waals surface area contributed by atoms with E-state index in [2.05, 4.69) is 80.1 Å². The lowest BCUT2D eigenvalue weighted by molar-refractivity contribution is 0.224. The topological polar surface area (TPSA) is 44.1 Å². The van der Waals surface area contributed by atoms with Gasteiger partial charge in [0.25, 0.3) is 6.43 Å². The van der Waals surface area contributed by atoms with Gasteiger partial charge in [-0.25, -0.2) is 8.78 Å². The summed E-state index contributed by atoms with van der Waals surface area (Å²) < 4.78 is 25.8. The molecular weight excluding hydrogens is 512 g/mol. The fourth-order valence-corrected chi connectivity index (χ4v) is 5.35. The van der Waals surface area contributed by atoms with Gasteiger partial charge in [0.15, 0.2) is 0 Å². The number of aromatic nitrogens is 1. The van der Waals surface area contributed by atoms with E-state index in [-0.39, 0.29) is 12.1 Å². The van der Waals surface area contributed by atoms with Crippen molar-refractivity contribution in [2.24, 2.45) is 10.2 Å². The number of rotatable bonds is 9. The predicted molar refractivity (Wildman–Crippen MR) is 160 cm³/mol. The van der Waals surface area contributed by atoms with Crippen LogP contribution in [-0.4, -0.2) is 52.3 Å². The largest absolute Gasteiger partial charge is 0.357 e. The minimum Gasteiger partial charge on any atom is -0.357 e. The monoisotopic (exact) mass is 547 g/mol. The molecule has 0 spiro atoms. The molecule has 3 heterocycles. The van der Waals surface area contributed by atoms with Crippen molar-refractivity contribution >= 4 is 28.9 Å². The van der Waals surface area contributed by atoms with Crippen LogP contribution in [0.4, 0.5) is 14.5 Å². The fraction of sp³-hybridized carbons (Fsp3) is 0.323. The van der Waals surface area contributed by atoms with Crippen molar-refractivity contribution in [1.29, 1.82) is 0 Å². The first-order chi connectivity index (χ1) is 19.1. The molecule has 0 radical (unpaired) electrons. The molecular formula is C31H35F2N5S. The van der Waals surface area contributed by atoms with Crippen molar-refractivity contribution in [1.82, 2.24) is 9.88 Å². The molecule has 0 atom stereocenters. The molecule has 2 aromatic carbocycles. The number of anilines is 1. The van der Waals surface area contributed by atoms with Gasteiger partial charge in [-0.2, -0.15) is 22.0 Å². The molecule has 2 aliphatic rings. The lowest BCUT2D eigenvalue weighted by atomic mass is 10.0. The highest BCUT2D eigenvalue weighted by Crippen LogP contribution is 2.26. The second-order valence-electron chi connectivity index (χ2n) is 9.08. The van der Waals surface area contributed by atoms with Gasteiger partial charge in [-0.15, -0.1) is 0 Å². The fourth-order valence-electron chi connectivity index (χ4n) is 4.45. The first-order valence-electron chi connectivity index (χ1n) is 13.4. The Morgan fingerprint density at radius 3 is 2.26 bits per heavy atom. The lowest BCUT2D eigenvalue weighted by Crippen LogP contribution is -2.39. The summed E-state index contributed by atoms with van der Waals surface area (Å²) in [6, 6.07) is 22.9. The van der Waals surface area contributed by atoms with Crippen molar-refractivity contribution in [3.05, 3.63) is 108 Å². The standard InChI is InChI=1S/C29H29F2N5S.C2H6/c1-21(35-13-15-37-16-14-35)36(26-11-7-23(8-12-26)17-22-5-3-2-4-6-22)20-25-10-9-24(19-32-25)27-18-28(29(30)31)34-33-27;1-2/h2-12,19,29H,1,13-18,20H2;1-2H3. The third-order valence-electron chi connectivity index (χ3n) is 6.56. The molecule has 2 aliphatic heterocycles. The first kappa shape index (κ1) is 28.5. The van der Waals surface area contributed by atoms with E-state index in [9.17, 15) is 8.78 Å². The van der Waals surface area contributed by atoms with Gasteiger partial charge in [0.1, 0.15) is 11.5 Å². The third-order valence-corrected chi connectivity index (χ3v) is 7.51. The van der Waals surface area contributed by atoms with E-state index in [0.29, 0.717) is 17.8 Å². The summed E-state index contributed by atoms with van der Waals surface area (Å²) in [7, 11) is 0. The Morgan fingerprint density at radius 2 is 1.64 bits per heavy atom. The second-order valence-corrected chi connectivity index (χ2v) is 10.3. The summed E-state index contributed by atoms with van der Waals surface area (Å²) in [5.41, 5.74) is 5.49. The zero-order valence-electron chi connectivity index (χ0n) is 22.6. The van der Waals surface area contributed by atoms with Crippen LogP contribution >= 0.6 is 11.8 Å². The number of pyridine rings is 1. The van der Waals surface area contributed by atoms with E-state index in [0.717, 1.165) is 48.2 Å². The van der Waals surface area contributed by atoms with Crippen LogP contribution in [0.5, 0.6) is 0 Å². The van der Waals surface area contributed by atoms with Gasteiger partial charge < -0.3 is 9.80 Å². The zero-order chi connectivity index (χ0) is 27.6. The number of hydrogen-bond acceptors (Lipinski definition) is 6. The summed E-state index contributed by atoms with van der Waals surface area (Å²) in [4.78, 5) is 9.17. The normalized spacial score (nSPS) is 14.8. The van der Waals surface area contributed by atoms with Crippen LogP contribution in [0.3, 0.4) is 0 Å². The van der Waals surface area contributed by atoms with Crippen molar-refractivity contribution in [3.8, 4) is 0 Å². The van der Waals surface area contributed by atoms with Crippen molar-refractivity contribution in [2.45, 2.75) is 39.7 Å². The second kappa shape index (κ2) is 14.0. The summed E-state index contributed by atoms with van der Waals surface area (Å²) in [5.74, 6) is 3.12. The SMILES string of the molecule is C=C(N1CCSCC1)N(Cc1ccc(C2=NN=C(C(F)F)C2)cn1)c1ccc(Cc2ccccc2)cc1.CC. The summed E-state index contributed by atoms with van der Waals surface area (Å²) in [5, 5.41) is 7.54. The molecule has 0 unspecified atom stereocenters. The van der Waals surface area contributed by atoms with Gasteiger partial charge in [-0.3, -0.25) is 4.98 Å². The van der Waals surface area contributed by atoms with Crippen LogP contribution in [-0.2, 0) is 13.0 Å². The Bertz CT molecular complexity index is 1270. The van der Waals surface area contributed by atoms with E-state index in [1.165, 1.54) is 11.1 Å². The van der Waals surface area contributed by atoms with Crippen LogP contribution in [0.25, 0.3) is 0 Å². The van der Waals surface area contributed by atoms with E-state index < -0.39 is 6.43 Å². The number of alkyl halides is 2. The molecule has 3 aromatic rings. The molecule has 8 heteroatoms. The molecule has 0 N–H and O–H groups in total. The minimum atomic E-state index is -2.58. The van der Waals surface area contributed by atoms with Crippen LogP contribution in [0, 0.1) is 0 Å². The maximum Gasteiger partial charge on any atom is 0.278 e. The van der Waals surface area contributed by atoms with Crippen molar-refractivity contribution < 1.29 is 8.78 Å². The summed E-state index contributed by atoms with van der Waals surface area (Å²) >= 11 is 1.96. The molecule has 1 fully saturated rings. The van der Waals surface area contributed by atoms with Crippen LogP contribution in [0.2, 0.25) is 0 Å². The highest BCUT2D eigenvalue weighted by Gasteiger charge is 2.23. The Morgan fingerprint density at radius 1 is 0.949 bits per heavy atom. The third kappa shape index (κ3) is 7.53. The Balaban J connectivity index is 0.00000172. The van der Waals surface area contributed by atoms with Gasteiger partial charge in [0.2, 0.25) is 0 Å². The molecule has 39 heavy (non-hydrogen) atoms. The molecule has 5 nitrogen and oxygen atoms in total. The Kier molecular flexibility index (Phi) is 10.3. The number of benzene rings is 2. The van der Waals surface area contributed by atoms with Crippen molar-refractivity contribution in [3.63, 3.8) is 0 Å². The average Bonchev–Trinajstić information content (AvgIpc) is 3.50. The molecule has 0 aliphatic carbocycles. The highest BCUT2D eigenvalue weighted by molar-refractivity contribution is 7.99. The van der Waals surface area contributed by atoms with Gasteiger partial charge in [0, 0.05) is 48.5 Å². The minimum absolute atomic E-state index is 0.0595. The van der Waals surface area contributed by atoms with Crippen molar-refractivity contribution in [2.75, 3.05) is 29.5 Å². The number of halogens is 2. The van der Waals surface area contributed by atoms with Gasteiger partial charge in [0.05, 0.1) is 18.0 Å². The molecule has 1 saturated heterocycles. The summed E-state index contributed by atoms with van der Waals surface area (Å²) in [6.07, 6.45) is 0.0546. The maximum atomic E-state index is 12.9. The van der Waals surface area contributed by atoms with Gasteiger partial charge in [-0.1, -0.05) is 62.9 Å². The zero-order valence-corrected chi connectivity index (χ0v) is 23.4. The maximum absolute atomic E-state index is 12.9. The van der Waals surface area contributed by atoms with E-state index in [4.69, 9.17) is 0 Å². The quantitative estimate of drug-likeness (QED) is 0.288. The molecule has 204 valence electrons. The molecule has 5 rings (SSSR count). The number of nitrogens with zero attached hydrogens (tertiary/aromatic N) is 5. The van der Waals surface area contributed by atoms with Crippen LogP contribution < -0.4 is 4.90 Å². The van der Waals surface area contributed by atoms with E-state index in [1.807, 2.05) is 43.8 Å². The molecule has 1 aromatic heterocycles. The van der Waals surface area contributed by atoms with E-state index >= 15 is 0 Å². The average molecular weight is 548 g/mol.